The van der Waals surface area contributed by atoms with Crippen LogP contribution in [0.5, 0.6) is 0 Å². The fourth-order valence-electron chi connectivity index (χ4n) is 1.43. The Kier molecular flexibility index (Phi) is 4.59. The van der Waals surface area contributed by atoms with Crippen molar-refractivity contribution in [2.75, 3.05) is 5.75 Å². The van der Waals surface area contributed by atoms with Crippen LogP contribution >= 0.6 is 11.8 Å². The lowest BCUT2D eigenvalue weighted by atomic mass is 10.1. The van der Waals surface area contributed by atoms with Gasteiger partial charge in [0.15, 0.2) is 0 Å². The Morgan fingerprint density at radius 2 is 2.35 bits per heavy atom. The summed E-state index contributed by atoms with van der Waals surface area (Å²) in [5, 5.41) is 8.89. The van der Waals surface area contributed by atoms with Crippen molar-refractivity contribution in [3.8, 4) is 0 Å². The Bertz CT molecular complexity index is 390. The lowest BCUT2D eigenvalue weighted by molar-refractivity contribution is -0.139. The molecule has 0 spiro atoms. The quantitative estimate of drug-likeness (QED) is 0.798. The van der Waals surface area contributed by atoms with Crippen molar-refractivity contribution in [1.29, 1.82) is 0 Å². The molecule has 5 nitrogen and oxygen atoms in total. The third kappa shape index (κ3) is 3.74. The Balaban J connectivity index is 2.45. The van der Waals surface area contributed by atoms with Gasteiger partial charge in [0.05, 0.1) is 0 Å². The summed E-state index contributed by atoms with van der Waals surface area (Å²) in [6.45, 7) is 6.47. The predicted octanol–water partition coefficient (Wildman–Crippen LogP) is 1.12. The highest BCUT2D eigenvalue weighted by Crippen LogP contribution is 2.27. The first-order valence-electron chi connectivity index (χ1n) is 5.44. The van der Waals surface area contributed by atoms with Gasteiger partial charge >= 0.3 is 5.97 Å². The zero-order valence-corrected chi connectivity index (χ0v) is 11.2. The van der Waals surface area contributed by atoms with E-state index in [2.05, 4.69) is 4.98 Å². The second-order valence-corrected chi connectivity index (χ2v) is 6.18. The molecule has 1 aromatic rings. The van der Waals surface area contributed by atoms with E-state index in [1.54, 1.807) is 18.0 Å². The summed E-state index contributed by atoms with van der Waals surface area (Å²) >= 11 is 1.57. The molecule has 1 atom stereocenters. The van der Waals surface area contributed by atoms with Gasteiger partial charge in [0.1, 0.15) is 11.9 Å². The minimum absolute atomic E-state index is 0.472. The lowest BCUT2D eigenvalue weighted by Crippen LogP contribution is -2.47. The molecule has 0 bridgehead atoms. The van der Waals surface area contributed by atoms with E-state index in [0.29, 0.717) is 0 Å². The van der Waals surface area contributed by atoms with Gasteiger partial charge in [0.25, 0.3) is 0 Å². The minimum Gasteiger partial charge on any atom is -0.480 e. The van der Waals surface area contributed by atoms with Crippen LogP contribution in [-0.4, -0.2) is 37.2 Å². The molecule has 0 aliphatic carbocycles. The van der Waals surface area contributed by atoms with Crippen molar-refractivity contribution in [2.45, 2.75) is 38.1 Å². The summed E-state index contributed by atoms with van der Waals surface area (Å²) in [6, 6.07) is -0.851. The number of carboxylic acid groups (broad SMARTS) is 1. The second-order valence-electron chi connectivity index (χ2n) is 4.44. The minimum atomic E-state index is -0.957. The van der Waals surface area contributed by atoms with Crippen LogP contribution in [-0.2, 0) is 11.3 Å². The van der Waals surface area contributed by atoms with Crippen molar-refractivity contribution in [3.05, 3.63) is 18.2 Å². The van der Waals surface area contributed by atoms with E-state index >= 15 is 0 Å². The topological polar surface area (TPSA) is 81.1 Å². The van der Waals surface area contributed by atoms with Crippen LogP contribution in [0.4, 0.5) is 0 Å². The number of aryl methyl sites for hydroxylation is 2. The van der Waals surface area contributed by atoms with E-state index < -0.39 is 16.8 Å². The van der Waals surface area contributed by atoms with E-state index in [0.717, 1.165) is 18.1 Å². The average Bonchev–Trinajstić information content (AvgIpc) is 2.63. The van der Waals surface area contributed by atoms with Gasteiger partial charge in [-0.05, 0) is 20.8 Å². The number of rotatable bonds is 6. The van der Waals surface area contributed by atoms with Crippen molar-refractivity contribution < 1.29 is 9.90 Å². The van der Waals surface area contributed by atoms with Gasteiger partial charge in [0.2, 0.25) is 0 Å². The number of carboxylic acids is 1. The van der Waals surface area contributed by atoms with Crippen LogP contribution in [0.2, 0.25) is 0 Å². The molecule has 1 heterocycles. The first-order chi connectivity index (χ1) is 7.84. The molecule has 0 radical (unpaired) electrons. The Labute approximate surface area is 105 Å². The molecule has 0 saturated carbocycles. The molecule has 0 fully saturated rings. The summed E-state index contributed by atoms with van der Waals surface area (Å²) in [5.41, 5.74) is 5.64. The monoisotopic (exact) mass is 257 g/mol. The lowest BCUT2D eigenvalue weighted by Gasteiger charge is -2.28. The Morgan fingerprint density at radius 3 is 2.82 bits per heavy atom. The maximum absolute atomic E-state index is 10.8. The second kappa shape index (κ2) is 5.55. The van der Waals surface area contributed by atoms with Crippen LogP contribution in [0.25, 0.3) is 0 Å². The third-order valence-corrected chi connectivity index (χ3v) is 4.13. The number of imidazole rings is 1. The molecule has 0 aliphatic heterocycles. The van der Waals surface area contributed by atoms with E-state index in [4.69, 9.17) is 10.8 Å². The van der Waals surface area contributed by atoms with E-state index in [9.17, 15) is 4.79 Å². The predicted molar refractivity (Wildman–Crippen MR) is 69.1 cm³/mol. The SMILES string of the molecule is Cc1nccn1CCSC(C)(C)[C@@H](N)C(=O)O. The largest absolute Gasteiger partial charge is 0.480 e. The van der Waals surface area contributed by atoms with Gasteiger partial charge in [-0.25, -0.2) is 4.98 Å². The van der Waals surface area contributed by atoms with Crippen LogP contribution in [0, 0.1) is 6.92 Å². The molecule has 3 N–H and O–H groups in total. The fraction of sp³-hybridized carbons (Fsp3) is 0.636. The summed E-state index contributed by atoms with van der Waals surface area (Å²) < 4.78 is 1.57. The number of hydrogen-bond donors (Lipinski definition) is 2. The molecule has 1 rings (SSSR count). The van der Waals surface area contributed by atoms with Crippen molar-refractivity contribution in [3.63, 3.8) is 0 Å². The zero-order chi connectivity index (χ0) is 13.1. The van der Waals surface area contributed by atoms with Gasteiger partial charge < -0.3 is 15.4 Å². The molecule has 17 heavy (non-hydrogen) atoms. The Morgan fingerprint density at radius 1 is 1.71 bits per heavy atom. The smallest absolute Gasteiger partial charge is 0.321 e. The van der Waals surface area contributed by atoms with Crippen molar-refractivity contribution >= 4 is 17.7 Å². The highest BCUT2D eigenvalue weighted by atomic mass is 32.2. The number of carbonyl (C=O) groups is 1. The van der Waals surface area contributed by atoms with Crippen LogP contribution < -0.4 is 5.73 Å². The Hall–Kier alpha value is -1.01. The molecule has 0 saturated heterocycles. The van der Waals surface area contributed by atoms with Gasteiger partial charge in [0, 0.05) is 29.4 Å². The number of hydrogen-bond acceptors (Lipinski definition) is 4. The molecule has 0 amide bonds. The normalized spacial score (nSPS) is 13.6. The molecular weight excluding hydrogens is 238 g/mol. The standard InChI is InChI=1S/C11H19N3O2S/c1-8-13-4-5-14(8)6-7-17-11(2,3)9(12)10(15)16/h4-5,9H,6-7,12H2,1-3H3,(H,15,16)/t9-/m0/s1. The number of aliphatic carboxylic acids is 1. The summed E-state index contributed by atoms with van der Waals surface area (Å²) in [7, 11) is 0. The van der Waals surface area contributed by atoms with E-state index in [-0.39, 0.29) is 0 Å². The van der Waals surface area contributed by atoms with Crippen LogP contribution in [0.3, 0.4) is 0 Å². The van der Waals surface area contributed by atoms with Gasteiger partial charge in [-0.2, -0.15) is 11.8 Å². The van der Waals surface area contributed by atoms with Gasteiger partial charge in [-0.1, -0.05) is 0 Å². The molecule has 96 valence electrons. The number of thioether (sulfide) groups is 1. The first-order valence-corrected chi connectivity index (χ1v) is 6.43. The van der Waals surface area contributed by atoms with Crippen molar-refractivity contribution in [2.24, 2.45) is 5.73 Å². The highest BCUT2D eigenvalue weighted by Gasteiger charge is 2.32. The van der Waals surface area contributed by atoms with Crippen molar-refractivity contribution in [1.82, 2.24) is 9.55 Å². The fourth-order valence-corrected chi connectivity index (χ4v) is 2.53. The number of aromatic nitrogens is 2. The molecule has 0 aromatic carbocycles. The summed E-state index contributed by atoms with van der Waals surface area (Å²) in [5.74, 6) is 0.817. The van der Waals surface area contributed by atoms with Gasteiger partial charge in [-0.15, -0.1) is 0 Å². The molecule has 6 heteroatoms. The summed E-state index contributed by atoms with van der Waals surface area (Å²) in [4.78, 5) is 15.0. The molecule has 0 unspecified atom stereocenters. The van der Waals surface area contributed by atoms with E-state index in [1.807, 2.05) is 31.5 Å². The summed E-state index contributed by atoms with van der Waals surface area (Å²) in [6.07, 6.45) is 3.67. The van der Waals surface area contributed by atoms with Crippen LogP contribution in [0.15, 0.2) is 12.4 Å². The third-order valence-electron chi connectivity index (χ3n) is 2.74. The number of nitrogens with two attached hydrogens (primary N) is 1. The first kappa shape index (κ1) is 14.1. The average molecular weight is 257 g/mol. The highest BCUT2D eigenvalue weighted by molar-refractivity contribution is 8.00. The maximum Gasteiger partial charge on any atom is 0.321 e. The van der Waals surface area contributed by atoms with Gasteiger partial charge in [-0.3, -0.25) is 4.79 Å². The number of nitrogens with zero attached hydrogens (tertiary/aromatic N) is 2. The maximum atomic E-state index is 10.8. The van der Waals surface area contributed by atoms with E-state index in [1.165, 1.54) is 0 Å². The molecular formula is C11H19N3O2S. The zero-order valence-electron chi connectivity index (χ0n) is 10.4. The van der Waals surface area contributed by atoms with Crippen LogP contribution in [0.1, 0.15) is 19.7 Å². The molecule has 0 aliphatic rings. The molecule has 1 aromatic heterocycles.